The third kappa shape index (κ3) is 5.40. The number of hydrogen-bond acceptors (Lipinski definition) is 5. The Balaban J connectivity index is 1.46. The molecule has 1 amide bonds. The Bertz CT molecular complexity index is 741. The van der Waals surface area contributed by atoms with Crippen LogP contribution in [-0.4, -0.2) is 66.8 Å². The van der Waals surface area contributed by atoms with E-state index in [9.17, 15) is 9.90 Å². The fourth-order valence-electron chi connectivity index (χ4n) is 3.23. The number of likely N-dealkylation sites (N-methyl/N-ethyl adjacent to an activating group) is 1. The Morgan fingerprint density at radius 3 is 2.26 bits per heavy atom. The maximum absolute atomic E-state index is 12.6. The summed E-state index contributed by atoms with van der Waals surface area (Å²) >= 11 is 1.72. The van der Waals surface area contributed by atoms with Gasteiger partial charge in [0.05, 0.1) is 6.54 Å². The number of phenols is 1. The van der Waals surface area contributed by atoms with E-state index in [0.29, 0.717) is 13.1 Å². The molecule has 1 aliphatic rings. The number of amides is 1. The number of rotatable bonds is 6. The summed E-state index contributed by atoms with van der Waals surface area (Å²) < 4.78 is 0. The van der Waals surface area contributed by atoms with Crippen molar-refractivity contribution in [1.82, 2.24) is 9.80 Å². The molecule has 1 heterocycles. The number of carbonyl (C=O) groups excluding carboxylic acids is 1. The molecule has 2 aromatic carbocycles. The minimum atomic E-state index is 0.155. The highest BCUT2D eigenvalue weighted by Gasteiger charge is 2.20. The highest BCUT2D eigenvalue weighted by Crippen LogP contribution is 2.20. The summed E-state index contributed by atoms with van der Waals surface area (Å²) in [5.41, 5.74) is 2.27. The van der Waals surface area contributed by atoms with E-state index in [2.05, 4.69) is 40.3 Å². The molecule has 0 aliphatic carbocycles. The van der Waals surface area contributed by atoms with Crippen molar-refractivity contribution in [2.75, 3.05) is 50.9 Å². The first-order valence-electron chi connectivity index (χ1n) is 9.18. The first kappa shape index (κ1) is 19.6. The third-order valence-electron chi connectivity index (χ3n) is 4.95. The topological polar surface area (TPSA) is 47.0 Å². The van der Waals surface area contributed by atoms with E-state index in [1.54, 1.807) is 28.8 Å². The molecule has 144 valence electrons. The van der Waals surface area contributed by atoms with Crippen LogP contribution < -0.4 is 4.90 Å². The first-order chi connectivity index (χ1) is 13.0. The molecule has 0 bridgehead atoms. The van der Waals surface area contributed by atoms with Crippen LogP contribution in [0, 0.1) is 0 Å². The van der Waals surface area contributed by atoms with Crippen molar-refractivity contribution in [2.24, 2.45) is 0 Å². The van der Waals surface area contributed by atoms with Gasteiger partial charge in [0, 0.05) is 50.4 Å². The molecule has 2 aromatic rings. The van der Waals surface area contributed by atoms with Crippen LogP contribution in [0.25, 0.3) is 0 Å². The molecule has 1 saturated heterocycles. The summed E-state index contributed by atoms with van der Waals surface area (Å²) in [4.78, 5) is 20.1. The number of aromatic hydroxyl groups is 1. The molecule has 0 unspecified atom stereocenters. The predicted octanol–water partition coefficient (Wildman–Crippen LogP) is 2.89. The van der Waals surface area contributed by atoms with E-state index in [4.69, 9.17) is 0 Å². The Kier molecular flexibility index (Phi) is 6.63. The fourth-order valence-corrected chi connectivity index (χ4v) is 3.64. The molecule has 0 spiro atoms. The quantitative estimate of drug-likeness (QED) is 0.775. The lowest BCUT2D eigenvalue weighted by molar-refractivity contribution is -0.131. The number of hydrogen-bond donors (Lipinski definition) is 1. The number of carbonyl (C=O) groups is 1. The van der Waals surface area contributed by atoms with Gasteiger partial charge < -0.3 is 14.9 Å². The second kappa shape index (κ2) is 9.15. The number of phenolic OH excluding ortho intramolecular Hbond substituents is 1. The Labute approximate surface area is 165 Å². The maximum Gasteiger partial charge on any atom is 0.236 e. The summed E-state index contributed by atoms with van der Waals surface area (Å²) in [6.45, 7) is 4.60. The van der Waals surface area contributed by atoms with E-state index in [-0.39, 0.29) is 11.7 Å². The van der Waals surface area contributed by atoms with Crippen molar-refractivity contribution < 1.29 is 9.90 Å². The van der Waals surface area contributed by atoms with Crippen molar-refractivity contribution in [3.05, 3.63) is 54.1 Å². The molecule has 1 fully saturated rings. The van der Waals surface area contributed by atoms with Gasteiger partial charge in [0.1, 0.15) is 5.75 Å². The molecule has 0 aromatic heterocycles. The highest BCUT2D eigenvalue weighted by molar-refractivity contribution is 7.98. The lowest BCUT2D eigenvalue weighted by atomic mass is 10.2. The van der Waals surface area contributed by atoms with Crippen LogP contribution in [0.2, 0.25) is 0 Å². The van der Waals surface area contributed by atoms with Gasteiger partial charge in [-0.05, 0) is 48.2 Å². The zero-order chi connectivity index (χ0) is 19.2. The normalized spacial score (nSPS) is 15.0. The van der Waals surface area contributed by atoms with Crippen molar-refractivity contribution >= 4 is 23.4 Å². The van der Waals surface area contributed by atoms with Crippen LogP contribution in [0.5, 0.6) is 5.75 Å². The molecule has 6 heteroatoms. The lowest BCUT2D eigenvalue weighted by Gasteiger charge is -2.36. The first-order valence-corrected chi connectivity index (χ1v) is 10.4. The van der Waals surface area contributed by atoms with E-state index >= 15 is 0 Å². The zero-order valence-electron chi connectivity index (χ0n) is 16.0. The molecule has 0 radical (unpaired) electrons. The van der Waals surface area contributed by atoms with Crippen LogP contribution in [0.1, 0.15) is 5.56 Å². The van der Waals surface area contributed by atoms with Crippen LogP contribution >= 0.6 is 11.8 Å². The Morgan fingerprint density at radius 2 is 1.67 bits per heavy atom. The fraction of sp³-hybridized carbons (Fsp3) is 0.381. The van der Waals surface area contributed by atoms with E-state index in [0.717, 1.165) is 37.4 Å². The predicted molar refractivity (Wildman–Crippen MR) is 111 cm³/mol. The van der Waals surface area contributed by atoms with Gasteiger partial charge in [0.25, 0.3) is 0 Å². The van der Waals surface area contributed by atoms with E-state index in [1.165, 1.54) is 4.90 Å². The summed E-state index contributed by atoms with van der Waals surface area (Å²) in [5, 5.41) is 9.41. The molecular weight excluding hydrogens is 358 g/mol. The minimum absolute atomic E-state index is 0.155. The molecule has 0 saturated carbocycles. The molecule has 27 heavy (non-hydrogen) atoms. The van der Waals surface area contributed by atoms with Gasteiger partial charge in [-0.25, -0.2) is 0 Å². The number of piperazine rings is 1. The Morgan fingerprint density at radius 1 is 1.04 bits per heavy atom. The number of nitrogens with zero attached hydrogens (tertiary/aromatic N) is 3. The van der Waals surface area contributed by atoms with E-state index < -0.39 is 0 Å². The van der Waals surface area contributed by atoms with Gasteiger partial charge in [-0.15, -0.1) is 11.8 Å². The largest absolute Gasteiger partial charge is 0.508 e. The van der Waals surface area contributed by atoms with Crippen LogP contribution in [0.3, 0.4) is 0 Å². The summed E-state index contributed by atoms with van der Waals surface area (Å²) in [6.07, 6.45) is 2.06. The molecule has 1 aliphatic heterocycles. The molecule has 3 rings (SSSR count). The number of anilines is 1. The summed E-state index contributed by atoms with van der Waals surface area (Å²) in [7, 11) is 1.87. The van der Waals surface area contributed by atoms with Crippen LogP contribution in [-0.2, 0) is 11.3 Å². The lowest BCUT2D eigenvalue weighted by Crippen LogP contribution is -2.49. The van der Waals surface area contributed by atoms with Crippen molar-refractivity contribution in [1.29, 1.82) is 0 Å². The second-order valence-electron chi connectivity index (χ2n) is 6.88. The second-order valence-corrected chi connectivity index (χ2v) is 7.76. The van der Waals surface area contributed by atoms with Crippen LogP contribution in [0.15, 0.2) is 53.4 Å². The number of thioether (sulfide) groups is 1. The van der Waals surface area contributed by atoms with Gasteiger partial charge >= 0.3 is 0 Å². The third-order valence-corrected chi connectivity index (χ3v) is 5.69. The van der Waals surface area contributed by atoms with Crippen molar-refractivity contribution in [3.63, 3.8) is 0 Å². The summed E-state index contributed by atoms with van der Waals surface area (Å²) in [6, 6.07) is 15.7. The van der Waals surface area contributed by atoms with Gasteiger partial charge in [0.15, 0.2) is 0 Å². The average Bonchev–Trinajstić information content (AvgIpc) is 2.70. The average molecular weight is 386 g/mol. The molecular formula is C21H27N3O2S. The van der Waals surface area contributed by atoms with Crippen molar-refractivity contribution in [2.45, 2.75) is 11.4 Å². The van der Waals surface area contributed by atoms with Crippen LogP contribution in [0.4, 0.5) is 5.69 Å². The maximum atomic E-state index is 12.6. The monoisotopic (exact) mass is 385 g/mol. The molecule has 0 atom stereocenters. The summed E-state index contributed by atoms with van der Waals surface area (Å²) in [5.74, 6) is 0.441. The SMILES string of the molecule is CSc1ccc(CN(C)C(=O)CN2CCN(c3ccc(O)cc3)CC2)cc1. The standard InChI is InChI=1S/C21H27N3O2S/c1-22(15-17-3-9-20(27-2)10-4-17)21(26)16-23-11-13-24(14-12-23)18-5-7-19(25)8-6-18/h3-10,25H,11-16H2,1-2H3. The Hall–Kier alpha value is -2.18. The molecule has 5 nitrogen and oxygen atoms in total. The highest BCUT2D eigenvalue weighted by atomic mass is 32.2. The van der Waals surface area contributed by atoms with Crippen molar-refractivity contribution in [3.8, 4) is 5.75 Å². The van der Waals surface area contributed by atoms with Gasteiger partial charge in [0.2, 0.25) is 5.91 Å². The van der Waals surface area contributed by atoms with Gasteiger partial charge in [-0.3, -0.25) is 9.69 Å². The van der Waals surface area contributed by atoms with Gasteiger partial charge in [-0.1, -0.05) is 12.1 Å². The zero-order valence-corrected chi connectivity index (χ0v) is 16.8. The van der Waals surface area contributed by atoms with E-state index in [1.807, 2.05) is 19.2 Å². The minimum Gasteiger partial charge on any atom is -0.508 e. The molecule has 1 N–H and O–H groups in total. The number of benzene rings is 2. The van der Waals surface area contributed by atoms with Gasteiger partial charge in [-0.2, -0.15) is 0 Å². The smallest absolute Gasteiger partial charge is 0.236 e.